The van der Waals surface area contributed by atoms with Gasteiger partial charge in [-0.2, -0.15) is 14.9 Å². The quantitative estimate of drug-likeness (QED) is 0.402. The number of hydrogen-bond acceptors (Lipinski definition) is 8. The van der Waals surface area contributed by atoms with Gasteiger partial charge in [-0.15, -0.1) is 0 Å². The Morgan fingerprint density at radius 3 is 2.84 bits per heavy atom. The van der Waals surface area contributed by atoms with Gasteiger partial charge in [0.1, 0.15) is 29.0 Å². The van der Waals surface area contributed by atoms with E-state index in [0.29, 0.717) is 28.8 Å². The third kappa shape index (κ3) is 5.07. The Morgan fingerprint density at radius 1 is 1.34 bits per heavy atom. The van der Waals surface area contributed by atoms with Crippen molar-refractivity contribution in [3.63, 3.8) is 0 Å². The van der Waals surface area contributed by atoms with Gasteiger partial charge in [0.15, 0.2) is 5.65 Å². The van der Waals surface area contributed by atoms with E-state index in [1.54, 1.807) is 10.8 Å². The minimum atomic E-state index is -0.968. The van der Waals surface area contributed by atoms with Crippen molar-refractivity contribution >= 4 is 39.8 Å². The van der Waals surface area contributed by atoms with Crippen molar-refractivity contribution in [3.05, 3.63) is 41.6 Å². The molecule has 1 atom stereocenters. The third-order valence-corrected chi connectivity index (χ3v) is 6.06. The fourth-order valence-electron chi connectivity index (χ4n) is 3.56. The van der Waals surface area contributed by atoms with Crippen molar-refractivity contribution < 1.29 is 4.55 Å². The maximum absolute atomic E-state index is 12.0. The third-order valence-electron chi connectivity index (χ3n) is 5.34. The summed E-state index contributed by atoms with van der Waals surface area (Å²) in [4.78, 5) is 6.79. The Bertz CT molecular complexity index is 1130. The Hall–Kier alpha value is -3.00. The first kappa shape index (κ1) is 22.2. The predicted octanol–water partition coefficient (Wildman–Crippen LogP) is 2.45. The van der Waals surface area contributed by atoms with Crippen molar-refractivity contribution in [1.82, 2.24) is 19.9 Å². The van der Waals surface area contributed by atoms with Gasteiger partial charge >= 0.3 is 0 Å². The summed E-state index contributed by atoms with van der Waals surface area (Å²) in [7, 11) is 3.97. The largest absolute Gasteiger partial charge is 0.616 e. The molecule has 0 radical (unpaired) electrons. The number of aromatic nitrogens is 3. The molecule has 0 saturated heterocycles. The van der Waals surface area contributed by atoms with Gasteiger partial charge in [-0.3, -0.25) is 0 Å². The average Bonchev–Trinajstić information content (AvgIpc) is 3.48. The summed E-state index contributed by atoms with van der Waals surface area (Å²) in [5.74, 6) is 1.90. The monoisotopic (exact) mass is 452 g/mol. The van der Waals surface area contributed by atoms with Gasteiger partial charge in [0, 0.05) is 49.2 Å². The molecule has 9 nitrogen and oxygen atoms in total. The Balaban J connectivity index is 1.66. The molecule has 32 heavy (non-hydrogen) atoms. The fraction of sp³-hybridized carbons (Fsp3) is 0.409. The number of rotatable bonds is 10. The van der Waals surface area contributed by atoms with Crippen molar-refractivity contribution in [2.75, 3.05) is 49.0 Å². The summed E-state index contributed by atoms with van der Waals surface area (Å²) >= 11 is -0.968. The molecule has 3 aromatic rings. The lowest BCUT2D eigenvalue weighted by molar-refractivity contribution is 0.600. The van der Waals surface area contributed by atoms with Crippen LogP contribution in [0.1, 0.15) is 24.0 Å². The van der Waals surface area contributed by atoms with Crippen molar-refractivity contribution in [1.29, 1.82) is 5.26 Å². The van der Waals surface area contributed by atoms with Gasteiger partial charge in [-0.05, 0) is 38.1 Å². The lowest BCUT2D eigenvalue weighted by atomic mass is 10.1. The van der Waals surface area contributed by atoms with Crippen LogP contribution in [0.5, 0.6) is 0 Å². The standard InChI is InChI=1S/C22H28N8OS/c1-24-8-9-29(2)19-7-6-18(10-15(19)14-32(3)31)26-20-11-21(27-17-4-5-17)30-22(28-20)16(12-23)13-25-30/h6-7,10-11,13,17,24,27H,4-5,8-9,14H2,1-3H3,(H,26,28). The molecule has 1 aliphatic rings. The van der Waals surface area contributed by atoms with Crippen LogP contribution in [-0.4, -0.2) is 58.6 Å². The lowest BCUT2D eigenvalue weighted by Gasteiger charge is -2.23. The number of nitriles is 1. The minimum Gasteiger partial charge on any atom is -0.616 e. The predicted molar refractivity (Wildman–Crippen MR) is 129 cm³/mol. The zero-order valence-corrected chi connectivity index (χ0v) is 19.4. The Labute approximate surface area is 191 Å². The highest BCUT2D eigenvalue weighted by molar-refractivity contribution is 7.89. The average molecular weight is 453 g/mol. The minimum absolute atomic E-state index is 0.427. The van der Waals surface area contributed by atoms with Gasteiger partial charge in [0.25, 0.3) is 0 Å². The number of fused-ring (bicyclic) bond motifs is 1. The number of hydrogen-bond donors (Lipinski definition) is 3. The Kier molecular flexibility index (Phi) is 6.69. The Morgan fingerprint density at radius 2 is 2.16 bits per heavy atom. The molecular weight excluding hydrogens is 424 g/mol. The molecule has 10 heteroatoms. The van der Waals surface area contributed by atoms with Crippen LogP contribution in [0.4, 0.5) is 23.0 Å². The van der Waals surface area contributed by atoms with Crippen LogP contribution >= 0.6 is 0 Å². The summed E-state index contributed by atoms with van der Waals surface area (Å²) < 4.78 is 13.7. The molecule has 0 amide bonds. The summed E-state index contributed by atoms with van der Waals surface area (Å²) in [5.41, 5.74) is 3.86. The van der Waals surface area contributed by atoms with Crippen LogP contribution < -0.4 is 20.9 Å². The highest BCUT2D eigenvalue weighted by Gasteiger charge is 2.23. The highest BCUT2D eigenvalue weighted by atomic mass is 32.2. The maximum Gasteiger partial charge on any atom is 0.177 e. The summed E-state index contributed by atoms with van der Waals surface area (Å²) in [6, 6.07) is 10.6. The topological polar surface area (TPSA) is 116 Å². The van der Waals surface area contributed by atoms with Crippen LogP contribution in [0.25, 0.3) is 5.65 Å². The van der Waals surface area contributed by atoms with E-state index in [-0.39, 0.29) is 0 Å². The summed E-state index contributed by atoms with van der Waals surface area (Å²) in [6.07, 6.45) is 5.50. The van der Waals surface area contributed by atoms with E-state index in [4.69, 9.17) is 0 Å². The van der Waals surface area contributed by atoms with E-state index in [2.05, 4.69) is 37.0 Å². The van der Waals surface area contributed by atoms with Crippen molar-refractivity contribution in [3.8, 4) is 6.07 Å². The zero-order valence-electron chi connectivity index (χ0n) is 18.6. The lowest BCUT2D eigenvalue weighted by Crippen LogP contribution is -2.28. The smallest absolute Gasteiger partial charge is 0.177 e. The van der Waals surface area contributed by atoms with Gasteiger partial charge in [-0.1, -0.05) is 11.2 Å². The van der Waals surface area contributed by atoms with Crippen molar-refractivity contribution in [2.24, 2.45) is 0 Å². The molecule has 2 aromatic heterocycles. The second kappa shape index (κ2) is 9.65. The molecule has 168 valence electrons. The fourth-order valence-corrected chi connectivity index (χ4v) is 4.23. The summed E-state index contributed by atoms with van der Waals surface area (Å²) in [5, 5.41) is 23.7. The molecule has 2 heterocycles. The van der Waals surface area contributed by atoms with Crippen LogP contribution in [-0.2, 0) is 16.9 Å². The van der Waals surface area contributed by atoms with Gasteiger partial charge in [0.05, 0.1) is 12.5 Å². The first-order valence-corrected chi connectivity index (χ1v) is 12.3. The molecule has 0 aliphatic heterocycles. The zero-order chi connectivity index (χ0) is 22.7. The molecule has 1 unspecified atom stereocenters. The van der Waals surface area contributed by atoms with E-state index in [0.717, 1.165) is 48.7 Å². The normalized spacial score (nSPS) is 14.2. The number of likely N-dealkylation sites (N-methyl/N-ethyl adjacent to an activating group) is 2. The first-order valence-electron chi connectivity index (χ1n) is 10.6. The molecule has 1 fully saturated rings. The molecule has 3 N–H and O–H groups in total. The molecule has 0 spiro atoms. The highest BCUT2D eigenvalue weighted by Crippen LogP contribution is 2.30. The van der Waals surface area contributed by atoms with Crippen LogP contribution in [0.2, 0.25) is 0 Å². The number of benzene rings is 1. The number of anilines is 4. The maximum atomic E-state index is 12.0. The van der Waals surface area contributed by atoms with Crippen LogP contribution in [0.15, 0.2) is 30.5 Å². The van der Waals surface area contributed by atoms with E-state index in [9.17, 15) is 9.81 Å². The van der Waals surface area contributed by atoms with E-state index in [1.807, 2.05) is 38.4 Å². The molecule has 1 aliphatic carbocycles. The van der Waals surface area contributed by atoms with E-state index < -0.39 is 11.2 Å². The van der Waals surface area contributed by atoms with Crippen LogP contribution in [0, 0.1) is 11.3 Å². The number of nitrogens with one attached hydrogen (secondary N) is 3. The second-order valence-corrected chi connectivity index (χ2v) is 9.50. The van der Waals surface area contributed by atoms with Crippen LogP contribution in [0.3, 0.4) is 0 Å². The van der Waals surface area contributed by atoms with Gasteiger partial charge in [-0.25, -0.2) is 4.98 Å². The van der Waals surface area contributed by atoms with Crippen molar-refractivity contribution in [2.45, 2.75) is 24.6 Å². The molecular formula is C22H28N8OS. The van der Waals surface area contributed by atoms with E-state index in [1.165, 1.54) is 6.20 Å². The van der Waals surface area contributed by atoms with Gasteiger partial charge in [0.2, 0.25) is 0 Å². The second-order valence-electron chi connectivity index (χ2n) is 8.06. The molecule has 0 bridgehead atoms. The summed E-state index contributed by atoms with van der Waals surface area (Å²) in [6.45, 7) is 1.71. The molecule has 1 aromatic carbocycles. The number of nitrogens with zero attached hydrogens (tertiary/aromatic N) is 5. The molecule has 4 rings (SSSR count). The van der Waals surface area contributed by atoms with Gasteiger partial charge < -0.3 is 25.4 Å². The van der Waals surface area contributed by atoms with E-state index >= 15 is 0 Å². The molecule has 1 saturated carbocycles. The SMILES string of the molecule is CNCCN(C)c1ccc(Nc2cc(NC3CC3)n3ncc(C#N)c3n2)cc1C[S+](C)[O-]. The first-order chi connectivity index (χ1) is 15.5.